The van der Waals surface area contributed by atoms with Gasteiger partial charge in [0.15, 0.2) is 0 Å². The van der Waals surface area contributed by atoms with Crippen LogP contribution in [0, 0.1) is 17.2 Å². The lowest BCUT2D eigenvalue weighted by atomic mass is 9.94. The summed E-state index contributed by atoms with van der Waals surface area (Å²) in [4.78, 5) is 16.7. The van der Waals surface area contributed by atoms with Crippen LogP contribution in [0.15, 0.2) is 42.5 Å². The van der Waals surface area contributed by atoms with E-state index in [-0.39, 0.29) is 5.91 Å². The van der Waals surface area contributed by atoms with E-state index in [1.54, 1.807) is 0 Å². The van der Waals surface area contributed by atoms with Gasteiger partial charge in [-0.1, -0.05) is 32.0 Å². The molecule has 36 heavy (non-hydrogen) atoms. The molecule has 4 rings (SSSR count). The van der Waals surface area contributed by atoms with Crippen LogP contribution in [0.2, 0.25) is 0 Å². The first kappa shape index (κ1) is 26.2. The number of benzene rings is 2. The first-order valence-electron chi connectivity index (χ1n) is 13.4. The molecule has 2 heterocycles. The summed E-state index contributed by atoms with van der Waals surface area (Å²) < 4.78 is 20.8. The third-order valence-corrected chi connectivity index (χ3v) is 7.91. The lowest BCUT2D eigenvalue weighted by Crippen LogP contribution is -2.44. The highest BCUT2D eigenvalue weighted by Crippen LogP contribution is 2.29. The molecule has 192 valence electrons. The topological polar surface area (TPSA) is 56.6 Å². The average Bonchev–Trinajstić information content (AvgIpc) is 3.47. The molecule has 0 saturated carbocycles. The molecule has 0 spiro atoms. The normalized spacial score (nSPS) is 17.2. The van der Waals surface area contributed by atoms with E-state index in [2.05, 4.69) is 11.0 Å². The fourth-order valence-electron chi connectivity index (χ4n) is 5.22. The Morgan fingerprint density at radius 3 is 2.28 bits per heavy atom. The van der Waals surface area contributed by atoms with Crippen molar-refractivity contribution in [1.29, 1.82) is 5.26 Å². The molecule has 2 aliphatic heterocycles. The lowest BCUT2D eigenvalue weighted by molar-refractivity contribution is 0.0568. The Balaban J connectivity index is 1.32. The van der Waals surface area contributed by atoms with Crippen LogP contribution in [-0.4, -0.2) is 60.7 Å². The van der Waals surface area contributed by atoms with E-state index in [1.165, 1.54) is 0 Å². The minimum Gasteiger partial charge on any atom is -0.492 e. The summed E-state index contributed by atoms with van der Waals surface area (Å²) in [5.74, 6) is 1.10. The van der Waals surface area contributed by atoms with Crippen LogP contribution in [0.3, 0.4) is 0 Å². The van der Waals surface area contributed by atoms with Gasteiger partial charge in [0.2, 0.25) is 0 Å². The van der Waals surface area contributed by atoms with Crippen molar-refractivity contribution >= 4 is 5.91 Å². The molecule has 0 unspecified atom stereocenters. The first-order valence-corrected chi connectivity index (χ1v) is 13.4. The van der Waals surface area contributed by atoms with Gasteiger partial charge in [-0.25, -0.2) is 4.39 Å². The summed E-state index contributed by atoms with van der Waals surface area (Å²) in [7, 11) is 0. The largest absolute Gasteiger partial charge is 0.492 e. The van der Waals surface area contributed by atoms with Gasteiger partial charge < -0.3 is 14.5 Å². The maximum absolute atomic E-state index is 14.7. The van der Waals surface area contributed by atoms with Gasteiger partial charge in [0, 0.05) is 25.2 Å². The summed E-state index contributed by atoms with van der Waals surface area (Å²) in [5, 5.41) is 9.73. The van der Waals surface area contributed by atoms with E-state index in [4.69, 9.17) is 4.74 Å². The number of ether oxygens (including phenoxy) is 1. The molecule has 2 saturated heterocycles. The van der Waals surface area contributed by atoms with E-state index < -0.39 is 5.67 Å². The predicted molar refractivity (Wildman–Crippen MR) is 141 cm³/mol. The molecular formula is C30H38FN3O2. The number of rotatable bonds is 9. The molecule has 2 aliphatic rings. The van der Waals surface area contributed by atoms with Crippen LogP contribution >= 0.6 is 0 Å². The first-order chi connectivity index (χ1) is 17.4. The average molecular weight is 492 g/mol. The van der Waals surface area contributed by atoms with Crippen molar-refractivity contribution in [2.45, 2.75) is 58.0 Å². The van der Waals surface area contributed by atoms with Crippen molar-refractivity contribution in [2.75, 3.05) is 39.3 Å². The minimum absolute atomic E-state index is 0.0890. The summed E-state index contributed by atoms with van der Waals surface area (Å²) in [5.41, 5.74) is 2.01. The molecule has 0 N–H and O–H groups in total. The monoisotopic (exact) mass is 491 g/mol. The highest BCUT2D eigenvalue weighted by Gasteiger charge is 2.30. The van der Waals surface area contributed by atoms with Gasteiger partial charge in [0.05, 0.1) is 12.2 Å². The Kier molecular flexibility index (Phi) is 8.64. The summed E-state index contributed by atoms with van der Waals surface area (Å²) >= 11 is 0. The van der Waals surface area contributed by atoms with Gasteiger partial charge >= 0.3 is 0 Å². The maximum atomic E-state index is 14.7. The Labute approximate surface area is 214 Å². The Morgan fingerprint density at radius 2 is 1.67 bits per heavy atom. The second-order valence-electron chi connectivity index (χ2n) is 10.3. The zero-order valence-electron chi connectivity index (χ0n) is 21.6. The van der Waals surface area contributed by atoms with Crippen molar-refractivity contribution in [2.24, 2.45) is 5.92 Å². The highest BCUT2D eigenvalue weighted by atomic mass is 19.1. The number of carbonyl (C=O) groups is 1. The molecule has 0 aromatic heterocycles. The Hall–Kier alpha value is -2.91. The highest BCUT2D eigenvalue weighted by molar-refractivity contribution is 5.94. The maximum Gasteiger partial charge on any atom is 0.253 e. The van der Waals surface area contributed by atoms with E-state index in [1.807, 2.05) is 61.2 Å². The fourth-order valence-corrected chi connectivity index (χ4v) is 5.22. The minimum atomic E-state index is -1.09. The molecule has 1 amide bonds. The SMILES string of the molecule is CCC(F)(CC)CN1CCC(COc2ccc(-c3ccc(C(=O)N4CCCC4)cc3)cc2C#N)CC1. The number of halogens is 1. The Bertz CT molecular complexity index is 1060. The smallest absolute Gasteiger partial charge is 0.253 e. The number of alkyl halides is 1. The summed E-state index contributed by atoms with van der Waals surface area (Å²) in [6, 6.07) is 15.6. The van der Waals surface area contributed by atoms with Crippen LogP contribution in [0.4, 0.5) is 4.39 Å². The number of hydrogen-bond acceptors (Lipinski definition) is 4. The van der Waals surface area contributed by atoms with Crippen molar-refractivity contribution in [3.63, 3.8) is 0 Å². The molecule has 2 aromatic carbocycles. The Morgan fingerprint density at radius 1 is 1.03 bits per heavy atom. The van der Waals surface area contributed by atoms with E-state index in [9.17, 15) is 14.4 Å². The van der Waals surface area contributed by atoms with Crippen molar-refractivity contribution in [3.05, 3.63) is 53.6 Å². The molecule has 0 bridgehead atoms. The van der Waals surface area contributed by atoms with Crippen LogP contribution in [0.1, 0.15) is 68.3 Å². The van der Waals surface area contributed by atoms with Crippen LogP contribution < -0.4 is 4.74 Å². The second-order valence-corrected chi connectivity index (χ2v) is 10.3. The number of nitrogens with zero attached hydrogens (tertiary/aromatic N) is 3. The fraction of sp³-hybridized carbons (Fsp3) is 0.533. The van der Waals surface area contributed by atoms with Gasteiger partial charge in [0.1, 0.15) is 17.5 Å². The van der Waals surface area contributed by atoms with Crippen LogP contribution in [0.5, 0.6) is 5.75 Å². The molecule has 0 aliphatic carbocycles. The molecule has 0 radical (unpaired) electrons. The lowest BCUT2D eigenvalue weighted by Gasteiger charge is -2.36. The number of carbonyl (C=O) groups excluding carboxylic acids is 1. The van der Waals surface area contributed by atoms with Gasteiger partial charge in [-0.05, 0) is 92.9 Å². The second kappa shape index (κ2) is 11.9. The number of piperidine rings is 1. The van der Waals surface area contributed by atoms with Gasteiger partial charge in [-0.15, -0.1) is 0 Å². The number of amides is 1. The number of likely N-dealkylation sites (tertiary alicyclic amines) is 2. The van der Waals surface area contributed by atoms with Gasteiger partial charge in [-0.2, -0.15) is 5.26 Å². The van der Waals surface area contributed by atoms with E-state index in [0.717, 1.165) is 63.0 Å². The standard InChI is InChI=1S/C30H38FN3O2/c1-3-30(31,4-2)22-33-17-13-23(14-18-33)21-36-28-12-11-26(19-27(28)20-32)24-7-9-25(10-8-24)29(35)34-15-5-6-16-34/h7-12,19,23H,3-6,13-18,21-22H2,1-2H3. The quantitative estimate of drug-likeness (QED) is 0.427. The summed E-state index contributed by atoms with van der Waals surface area (Å²) in [6.45, 7) is 8.38. The van der Waals surface area contributed by atoms with Crippen LogP contribution in [-0.2, 0) is 0 Å². The molecule has 2 aromatic rings. The third-order valence-electron chi connectivity index (χ3n) is 7.91. The molecule has 0 atom stereocenters. The van der Waals surface area contributed by atoms with Crippen molar-refractivity contribution in [3.8, 4) is 22.9 Å². The van der Waals surface area contributed by atoms with Crippen molar-refractivity contribution in [1.82, 2.24) is 9.80 Å². The summed E-state index contributed by atoms with van der Waals surface area (Å²) in [6.07, 6.45) is 5.22. The third kappa shape index (κ3) is 6.25. The van der Waals surface area contributed by atoms with Crippen LogP contribution in [0.25, 0.3) is 11.1 Å². The molecule has 2 fully saturated rings. The predicted octanol–water partition coefficient (Wildman–Crippen LogP) is 6.08. The zero-order valence-corrected chi connectivity index (χ0v) is 21.6. The van der Waals surface area contributed by atoms with E-state index >= 15 is 0 Å². The molecule has 6 heteroatoms. The van der Waals surface area contributed by atoms with Gasteiger partial charge in [-0.3, -0.25) is 4.79 Å². The molecular weight excluding hydrogens is 453 g/mol. The number of hydrogen-bond donors (Lipinski definition) is 0. The van der Waals surface area contributed by atoms with Gasteiger partial charge in [0.25, 0.3) is 5.91 Å². The zero-order chi connectivity index (χ0) is 25.5. The van der Waals surface area contributed by atoms with Crippen molar-refractivity contribution < 1.29 is 13.9 Å². The van der Waals surface area contributed by atoms with E-state index in [0.29, 0.717) is 48.8 Å². The number of nitriles is 1. The molecule has 5 nitrogen and oxygen atoms in total.